The Bertz CT molecular complexity index is 1230. The molecule has 1 N–H and O–H groups in total. The molecular formula is C20H19Cl2N3O2S. The molecule has 0 fully saturated rings. The largest absolute Gasteiger partial charge is 0.313 e. The van der Waals surface area contributed by atoms with Crippen molar-refractivity contribution in [1.82, 2.24) is 14.8 Å². The third-order valence-electron chi connectivity index (χ3n) is 4.06. The van der Waals surface area contributed by atoms with Gasteiger partial charge in [0.25, 0.3) is 5.56 Å². The topological polar surface area (TPSA) is 67.8 Å². The number of thiazole rings is 1. The standard InChI is InChI=1S/C20H19Cl2N3O2S/c1-11-14(18(22)25(24-11)13-7-5-6-12(21)8-13)9-15-19(27)23-17(28-15)10-16(26)20(2,3)4/h5-10H,1-4H3,(H,23,27)/b15-9-,17-10-. The number of carbonyl (C=O) groups excluding carboxylic acids is 1. The highest BCUT2D eigenvalue weighted by atomic mass is 35.5. The van der Waals surface area contributed by atoms with Crippen molar-refractivity contribution in [2.45, 2.75) is 27.7 Å². The molecule has 0 amide bonds. The summed E-state index contributed by atoms with van der Waals surface area (Å²) in [5.41, 5.74) is 1.26. The Labute approximate surface area is 175 Å². The van der Waals surface area contributed by atoms with Gasteiger partial charge in [-0.3, -0.25) is 9.59 Å². The molecule has 3 aromatic rings. The van der Waals surface area contributed by atoms with Gasteiger partial charge in [0.1, 0.15) is 5.15 Å². The summed E-state index contributed by atoms with van der Waals surface area (Å²) in [7, 11) is 0. The van der Waals surface area contributed by atoms with Crippen molar-refractivity contribution in [3.05, 3.63) is 65.2 Å². The van der Waals surface area contributed by atoms with Gasteiger partial charge in [-0.2, -0.15) is 5.10 Å². The van der Waals surface area contributed by atoms with Crippen LogP contribution in [-0.4, -0.2) is 20.5 Å². The molecule has 2 heterocycles. The zero-order chi connectivity index (χ0) is 20.6. The van der Waals surface area contributed by atoms with Crippen LogP contribution in [0.1, 0.15) is 32.0 Å². The van der Waals surface area contributed by atoms with Crippen LogP contribution in [0, 0.1) is 12.3 Å². The number of aromatic nitrogens is 3. The fourth-order valence-electron chi connectivity index (χ4n) is 2.45. The molecule has 0 atom stereocenters. The van der Waals surface area contributed by atoms with E-state index in [1.165, 1.54) is 17.4 Å². The average Bonchev–Trinajstić information content (AvgIpc) is 3.08. The molecular weight excluding hydrogens is 417 g/mol. The highest BCUT2D eigenvalue weighted by Gasteiger charge is 2.19. The van der Waals surface area contributed by atoms with Gasteiger partial charge in [-0.25, -0.2) is 4.68 Å². The molecule has 0 aliphatic carbocycles. The summed E-state index contributed by atoms with van der Waals surface area (Å²) < 4.78 is 2.53. The number of hydrogen-bond donors (Lipinski definition) is 1. The number of ketones is 1. The average molecular weight is 436 g/mol. The number of halogens is 2. The Hall–Kier alpha value is -2.15. The molecule has 8 heteroatoms. The maximum Gasteiger partial charge on any atom is 0.266 e. The van der Waals surface area contributed by atoms with Crippen LogP contribution in [-0.2, 0) is 4.79 Å². The number of nitrogens with zero attached hydrogens (tertiary/aromatic N) is 2. The molecule has 0 saturated carbocycles. The van der Waals surface area contributed by atoms with Gasteiger partial charge in [-0.1, -0.05) is 50.0 Å². The minimum absolute atomic E-state index is 0.0560. The van der Waals surface area contributed by atoms with Gasteiger partial charge in [0.2, 0.25) is 0 Å². The molecule has 2 aromatic heterocycles. The fourth-order valence-corrected chi connectivity index (χ4v) is 3.82. The maximum absolute atomic E-state index is 12.3. The number of rotatable bonds is 3. The lowest BCUT2D eigenvalue weighted by atomic mass is 9.91. The Balaban J connectivity index is 2.10. The van der Waals surface area contributed by atoms with Crippen molar-refractivity contribution in [1.29, 1.82) is 0 Å². The molecule has 0 bridgehead atoms. The normalized spacial score (nSPS) is 13.4. The van der Waals surface area contributed by atoms with Crippen molar-refractivity contribution >= 4 is 52.5 Å². The third-order valence-corrected chi connectivity index (χ3v) is 5.62. The highest BCUT2D eigenvalue weighted by Crippen LogP contribution is 2.25. The summed E-state index contributed by atoms with van der Waals surface area (Å²) in [5, 5.41) is 5.41. The van der Waals surface area contributed by atoms with Gasteiger partial charge >= 0.3 is 0 Å². The molecule has 0 saturated heterocycles. The summed E-state index contributed by atoms with van der Waals surface area (Å²) in [6.45, 7) is 7.31. The Morgan fingerprint density at radius 1 is 1.29 bits per heavy atom. The molecule has 146 valence electrons. The predicted octanol–water partition coefficient (Wildman–Crippen LogP) is 3.46. The third kappa shape index (κ3) is 4.29. The first kappa shape index (κ1) is 20.6. The van der Waals surface area contributed by atoms with E-state index >= 15 is 0 Å². The van der Waals surface area contributed by atoms with Crippen molar-refractivity contribution < 1.29 is 4.79 Å². The maximum atomic E-state index is 12.3. The Morgan fingerprint density at radius 3 is 2.64 bits per heavy atom. The van der Waals surface area contributed by atoms with E-state index in [-0.39, 0.29) is 11.3 Å². The lowest BCUT2D eigenvalue weighted by Crippen LogP contribution is -2.22. The first-order chi connectivity index (χ1) is 13.1. The van der Waals surface area contributed by atoms with Crippen LogP contribution < -0.4 is 14.8 Å². The molecule has 0 unspecified atom stereocenters. The molecule has 28 heavy (non-hydrogen) atoms. The zero-order valence-electron chi connectivity index (χ0n) is 15.8. The van der Waals surface area contributed by atoms with Crippen molar-refractivity contribution in [2.75, 3.05) is 0 Å². The first-order valence-electron chi connectivity index (χ1n) is 8.54. The van der Waals surface area contributed by atoms with Crippen LogP contribution in [0.4, 0.5) is 0 Å². The second kappa shape index (κ2) is 7.70. The van der Waals surface area contributed by atoms with E-state index in [1.54, 1.807) is 22.9 Å². The van der Waals surface area contributed by atoms with Gasteiger partial charge in [-0.05, 0) is 31.2 Å². The van der Waals surface area contributed by atoms with Crippen molar-refractivity contribution in [2.24, 2.45) is 5.41 Å². The van der Waals surface area contributed by atoms with E-state index in [2.05, 4.69) is 10.1 Å². The molecule has 0 aliphatic rings. The molecule has 0 radical (unpaired) electrons. The van der Waals surface area contributed by atoms with E-state index in [9.17, 15) is 9.59 Å². The lowest BCUT2D eigenvalue weighted by molar-refractivity contribution is -0.119. The van der Waals surface area contributed by atoms with Crippen LogP contribution in [0.2, 0.25) is 10.2 Å². The van der Waals surface area contributed by atoms with E-state index in [0.717, 1.165) is 5.69 Å². The summed E-state index contributed by atoms with van der Waals surface area (Å²) in [6, 6.07) is 7.18. The number of aromatic amines is 1. The van der Waals surface area contributed by atoms with Gasteiger partial charge in [-0.15, -0.1) is 11.3 Å². The number of benzene rings is 1. The van der Waals surface area contributed by atoms with Crippen LogP contribution in [0.25, 0.3) is 17.8 Å². The van der Waals surface area contributed by atoms with Gasteiger partial charge < -0.3 is 4.98 Å². The van der Waals surface area contributed by atoms with Crippen LogP contribution in [0.3, 0.4) is 0 Å². The summed E-state index contributed by atoms with van der Waals surface area (Å²) in [6.07, 6.45) is 3.15. The quantitative estimate of drug-likeness (QED) is 0.684. The Morgan fingerprint density at radius 2 is 2.00 bits per heavy atom. The molecule has 5 nitrogen and oxygen atoms in total. The number of nitrogens with one attached hydrogen (secondary N) is 1. The summed E-state index contributed by atoms with van der Waals surface area (Å²) in [5.74, 6) is -0.0560. The summed E-state index contributed by atoms with van der Waals surface area (Å²) >= 11 is 13.8. The Kier molecular flexibility index (Phi) is 5.66. The van der Waals surface area contributed by atoms with Crippen molar-refractivity contribution in [3.63, 3.8) is 0 Å². The minimum Gasteiger partial charge on any atom is -0.313 e. The van der Waals surface area contributed by atoms with E-state index in [4.69, 9.17) is 23.2 Å². The van der Waals surface area contributed by atoms with Crippen LogP contribution >= 0.6 is 34.5 Å². The molecule has 3 rings (SSSR count). The van der Waals surface area contributed by atoms with Crippen LogP contribution in [0.15, 0.2) is 29.1 Å². The zero-order valence-corrected chi connectivity index (χ0v) is 18.2. The number of H-pyrrole nitrogens is 1. The fraction of sp³-hybridized carbons (Fsp3) is 0.250. The number of aryl methyl sites for hydroxylation is 1. The van der Waals surface area contributed by atoms with Gasteiger partial charge in [0.15, 0.2) is 5.78 Å². The summed E-state index contributed by atoms with van der Waals surface area (Å²) in [4.78, 5) is 27.2. The predicted molar refractivity (Wildman–Crippen MR) is 115 cm³/mol. The van der Waals surface area contributed by atoms with E-state index in [1.807, 2.05) is 39.8 Å². The monoisotopic (exact) mass is 435 g/mol. The van der Waals surface area contributed by atoms with E-state index in [0.29, 0.717) is 30.6 Å². The van der Waals surface area contributed by atoms with Crippen molar-refractivity contribution in [3.8, 4) is 5.69 Å². The van der Waals surface area contributed by atoms with E-state index < -0.39 is 5.41 Å². The van der Waals surface area contributed by atoms with Gasteiger partial charge in [0, 0.05) is 22.1 Å². The van der Waals surface area contributed by atoms with Crippen LogP contribution in [0.5, 0.6) is 0 Å². The molecule has 1 aromatic carbocycles. The number of hydrogen-bond acceptors (Lipinski definition) is 4. The molecule has 0 spiro atoms. The second-order valence-corrected chi connectivity index (χ2v) is 9.25. The lowest BCUT2D eigenvalue weighted by Gasteiger charge is -2.12. The number of carbonyl (C=O) groups is 1. The smallest absolute Gasteiger partial charge is 0.266 e. The van der Waals surface area contributed by atoms with Gasteiger partial charge in [0.05, 0.1) is 20.6 Å². The second-order valence-electron chi connectivity index (χ2n) is 7.37. The first-order valence-corrected chi connectivity index (χ1v) is 10.1. The highest BCUT2D eigenvalue weighted by molar-refractivity contribution is 7.07. The number of Topliss-reactive ketones (excluding diaryl/α,β-unsaturated/α-hetero) is 1. The SMILES string of the molecule is Cc1nn(-c2cccc(Cl)c2)c(Cl)c1/C=c1\s/c(=C\C(=O)C(C)(C)C)[nH]c1=O. The molecule has 0 aliphatic heterocycles. The minimum atomic E-state index is -0.511.